The summed E-state index contributed by atoms with van der Waals surface area (Å²) < 4.78 is 12.0. The van der Waals surface area contributed by atoms with E-state index in [1.54, 1.807) is 17.0 Å². The highest BCUT2D eigenvalue weighted by atomic mass is 35.5. The number of nitrogens with zero attached hydrogens (tertiary/aromatic N) is 1. The van der Waals surface area contributed by atoms with E-state index in [0.29, 0.717) is 37.9 Å². The molecule has 2 fully saturated rings. The van der Waals surface area contributed by atoms with Gasteiger partial charge in [-0.05, 0) is 42.9 Å². The molecule has 0 bridgehead atoms. The molecule has 1 heterocycles. The molecule has 1 saturated heterocycles. The maximum atomic E-state index is 12.9. The van der Waals surface area contributed by atoms with Crippen LogP contribution in [0.15, 0.2) is 24.3 Å². The Kier molecular flexibility index (Phi) is 4.36. The van der Waals surface area contributed by atoms with Gasteiger partial charge in [0.05, 0.1) is 12.0 Å². The molecule has 1 aromatic rings. The summed E-state index contributed by atoms with van der Waals surface area (Å²) in [5.41, 5.74) is 0.717. The van der Waals surface area contributed by atoms with Crippen molar-refractivity contribution < 1.29 is 14.3 Å². The van der Waals surface area contributed by atoms with Gasteiger partial charge in [0.15, 0.2) is 0 Å². The highest BCUT2D eigenvalue weighted by Crippen LogP contribution is 2.54. The predicted octanol–water partition coefficient (Wildman–Crippen LogP) is 3.29. The van der Waals surface area contributed by atoms with E-state index in [0.717, 1.165) is 0 Å². The third kappa shape index (κ3) is 3.24. The standard InChI is InChI=1S/C16H18Cl2FNO2/c17-16(18)9-13(16)15(22)20-7-5-11(6-8-20)14(21)10-1-3-12(19)4-2-10/h1-4,11,13-14,21H,5-9H2. The van der Waals surface area contributed by atoms with Crippen LogP contribution in [-0.2, 0) is 4.79 Å². The zero-order valence-electron chi connectivity index (χ0n) is 12.0. The molecule has 22 heavy (non-hydrogen) atoms. The Labute approximate surface area is 139 Å². The number of benzene rings is 1. The Bertz CT molecular complexity index is 556. The lowest BCUT2D eigenvalue weighted by molar-refractivity contribution is -0.134. The first kappa shape index (κ1) is 16.0. The summed E-state index contributed by atoms with van der Waals surface area (Å²) in [4.78, 5) is 14.0. The molecule has 0 spiro atoms. The number of carbonyl (C=O) groups excluding carboxylic acids is 1. The van der Waals surface area contributed by atoms with Crippen molar-refractivity contribution in [1.82, 2.24) is 4.90 Å². The third-order valence-electron chi connectivity index (χ3n) is 4.63. The molecule has 1 saturated carbocycles. The van der Waals surface area contributed by atoms with Crippen LogP contribution in [0.1, 0.15) is 30.9 Å². The van der Waals surface area contributed by atoms with Crippen LogP contribution in [0, 0.1) is 17.7 Å². The zero-order chi connectivity index (χ0) is 15.9. The zero-order valence-corrected chi connectivity index (χ0v) is 13.5. The van der Waals surface area contributed by atoms with Gasteiger partial charge < -0.3 is 10.0 Å². The number of aliphatic hydroxyl groups excluding tert-OH is 1. The van der Waals surface area contributed by atoms with Crippen molar-refractivity contribution in [2.75, 3.05) is 13.1 Å². The van der Waals surface area contributed by atoms with Crippen molar-refractivity contribution in [3.63, 3.8) is 0 Å². The predicted molar refractivity (Wildman–Crippen MR) is 83.2 cm³/mol. The fourth-order valence-corrected chi connectivity index (χ4v) is 3.56. The van der Waals surface area contributed by atoms with E-state index in [2.05, 4.69) is 0 Å². The van der Waals surface area contributed by atoms with Gasteiger partial charge >= 0.3 is 0 Å². The molecule has 2 aliphatic rings. The number of piperidine rings is 1. The van der Waals surface area contributed by atoms with Crippen LogP contribution in [0.4, 0.5) is 4.39 Å². The summed E-state index contributed by atoms with van der Waals surface area (Å²) in [6.45, 7) is 1.20. The van der Waals surface area contributed by atoms with E-state index in [1.807, 2.05) is 0 Å². The Morgan fingerprint density at radius 3 is 2.32 bits per heavy atom. The van der Waals surface area contributed by atoms with Gasteiger partial charge in [-0.1, -0.05) is 12.1 Å². The number of amides is 1. The summed E-state index contributed by atoms with van der Waals surface area (Å²) in [5, 5.41) is 10.4. The Morgan fingerprint density at radius 1 is 1.27 bits per heavy atom. The number of aliphatic hydroxyl groups is 1. The SMILES string of the molecule is O=C(C1CC1(Cl)Cl)N1CCC(C(O)c2ccc(F)cc2)CC1. The van der Waals surface area contributed by atoms with Crippen molar-refractivity contribution in [2.24, 2.45) is 11.8 Å². The number of carbonyl (C=O) groups is 1. The molecule has 6 heteroatoms. The quantitative estimate of drug-likeness (QED) is 0.854. The van der Waals surface area contributed by atoms with Gasteiger partial charge in [0, 0.05) is 13.1 Å². The van der Waals surface area contributed by atoms with Gasteiger partial charge in [-0.15, -0.1) is 23.2 Å². The molecule has 0 aromatic heterocycles. The number of rotatable bonds is 3. The highest BCUT2D eigenvalue weighted by molar-refractivity contribution is 6.52. The van der Waals surface area contributed by atoms with E-state index in [9.17, 15) is 14.3 Å². The van der Waals surface area contributed by atoms with Gasteiger partial charge in [-0.2, -0.15) is 0 Å². The molecule has 2 unspecified atom stereocenters. The van der Waals surface area contributed by atoms with Crippen LogP contribution >= 0.6 is 23.2 Å². The lowest BCUT2D eigenvalue weighted by Gasteiger charge is -2.34. The van der Waals surface area contributed by atoms with Gasteiger partial charge in [-0.25, -0.2) is 4.39 Å². The Balaban J connectivity index is 1.55. The van der Waals surface area contributed by atoms with E-state index >= 15 is 0 Å². The minimum atomic E-state index is -0.887. The molecule has 120 valence electrons. The normalized spacial score (nSPS) is 25.8. The number of likely N-dealkylation sites (tertiary alicyclic amines) is 1. The maximum Gasteiger partial charge on any atom is 0.228 e. The molecule has 1 aromatic carbocycles. The van der Waals surface area contributed by atoms with Crippen LogP contribution in [0.3, 0.4) is 0 Å². The fourth-order valence-electron chi connectivity index (χ4n) is 3.07. The van der Waals surface area contributed by atoms with Crippen LogP contribution in [0.25, 0.3) is 0 Å². The lowest BCUT2D eigenvalue weighted by atomic mass is 9.87. The molecular formula is C16H18Cl2FNO2. The number of halogens is 3. The highest BCUT2D eigenvalue weighted by Gasteiger charge is 2.57. The molecule has 1 aliphatic carbocycles. The van der Waals surface area contributed by atoms with Crippen LogP contribution in [0.5, 0.6) is 0 Å². The molecule has 1 N–H and O–H groups in total. The fraction of sp³-hybridized carbons (Fsp3) is 0.562. The van der Waals surface area contributed by atoms with E-state index in [-0.39, 0.29) is 23.6 Å². The summed E-state index contributed by atoms with van der Waals surface area (Å²) in [6, 6.07) is 5.92. The van der Waals surface area contributed by atoms with Crippen molar-refractivity contribution in [2.45, 2.75) is 29.7 Å². The number of hydrogen-bond acceptors (Lipinski definition) is 2. The van der Waals surface area contributed by atoms with Crippen molar-refractivity contribution in [3.05, 3.63) is 35.6 Å². The molecule has 1 aliphatic heterocycles. The first-order valence-corrected chi connectivity index (χ1v) is 8.24. The summed E-state index contributed by atoms with van der Waals surface area (Å²) >= 11 is 11.9. The van der Waals surface area contributed by atoms with Crippen molar-refractivity contribution in [1.29, 1.82) is 0 Å². The van der Waals surface area contributed by atoms with Crippen LogP contribution in [0.2, 0.25) is 0 Å². The van der Waals surface area contributed by atoms with Gasteiger partial charge in [0.1, 0.15) is 10.2 Å². The van der Waals surface area contributed by atoms with Crippen molar-refractivity contribution in [3.8, 4) is 0 Å². The lowest BCUT2D eigenvalue weighted by Crippen LogP contribution is -2.41. The number of hydrogen-bond donors (Lipinski definition) is 1. The molecule has 3 rings (SSSR count). The summed E-state index contributed by atoms with van der Waals surface area (Å²) in [7, 11) is 0. The van der Waals surface area contributed by atoms with E-state index < -0.39 is 10.4 Å². The average Bonchev–Trinajstić information content (AvgIpc) is 3.15. The smallest absolute Gasteiger partial charge is 0.228 e. The van der Waals surface area contributed by atoms with Crippen molar-refractivity contribution >= 4 is 29.1 Å². The van der Waals surface area contributed by atoms with Gasteiger partial charge in [-0.3, -0.25) is 4.79 Å². The molecule has 3 nitrogen and oxygen atoms in total. The maximum absolute atomic E-state index is 12.9. The van der Waals surface area contributed by atoms with E-state index in [4.69, 9.17) is 23.2 Å². The average molecular weight is 346 g/mol. The van der Waals surface area contributed by atoms with Gasteiger partial charge in [0.2, 0.25) is 5.91 Å². The second-order valence-corrected chi connectivity index (χ2v) is 7.72. The van der Waals surface area contributed by atoms with Gasteiger partial charge in [0.25, 0.3) is 0 Å². The Hall–Kier alpha value is -0.840. The first-order chi connectivity index (χ1) is 10.4. The van der Waals surface area contributed by atoms with Crippen LogP contribution in [-0.4, -0.2) is 33.3 Å². The topological polar surface area (TPSA) is 40.5 Å². The van der Waals surface area contributed by atoms with E-state index in [1.165, 1.54) is 12.1 Å². The molecule has 0 radical (unpaired) electrons. The summed E-state index contributed by atoms with van der Waals surface area (Å²) in [6.07, 6.45) is 1.33. The summed E-state index contributed by atoms with van der Waals surface area (Å²) in [5.74, 6) is -0.508. The molecule has 2 atom stereocenters. The third-order valence-corrected chi connectivity index (χ3v) is 5.47. The van der Waals surface area contributed by atoms with Crippen LogP contribution < -0.4 is 0 Å². The minimum Gasteiger partial charge on any atom is -0.388 e. The molecule has 1 amide bonds. The number of alkyl halides is 2. The monoisotopic (exact) mass is 345 g/mol. The Morgan fingerprint density at radius 2 is 1.82 bits per heavy atom. The minimum absolute atomic E-state index is 0.0136. The first-order valence-electron chi connectivity index (χ1n) is 7.48. The molecular weight excluding hydrogens is 328 g/mol. The largest absolute Gasteiger partial charge is 0.388 e. The second kappa shape index (κ2) is 5.99. The second-order valence-electron chi connectivity index (χ2n) is 6.18.